The normalized spacial score (nSPS) is 21.9. The van der Waals surface area contributed by atoms with Gasteiger partial charge in [-0.2, -0.15) is 0 Å². The average molecular weight is 536 g/mol. The summed E-state index contributed by atoms with van der Waals surface area (Å²) in [5.74, 6) is -0.295. The molecule has 7 nitrogen and oxygen atoms in total. The number of carbonyl (C=O) groups excluding carboxylic acids is 1. The van der Waals surface area contributed by atoms with Crippen molar-refractivity contribution in [1.29, 1.82) is 0 Å². The maximum atomic E-state index is 14.3. The Kier molecular flexibility index (Phi) is 8.60. The fourth-order valence-corrected chi connectivity index (χ4v) is 6.62. The Morgan fingerprint density at radius 1 is 1.05 bits per heavy atom. The average Bonchev–Trinajstić information content (AvgIpc) is 3.29. The van der Waals surface area contributed by atoms with Gasteiger partial charge in [-0.3, -0.25) is 9.59 Å². The topological polar surface area (TPSA) is 93.5 Å². The molecule has 1 amide bonds. The van der Waals surface area contributed by atoms with Crippen molar-refractivity contribution in [2.24, 2.45) is 11.8 Å². The van der Waals surface area contributed by atoms with Crippen LogP contribution in [-0.2, 0) is 14.3 Å². The number of imidazole rings is 1. The summed E-state index contributed by atoms with van der Waals surface area (Å²) < 4.78 is 22.3. The minimum atomic E-state index is -0.762. The number of amides is 1. The molecule has 2 N–H and O–H groups in total. The number of hydrogen-bond acceptors (Lipinski definition) is 4. The third kappa shape index (κ3) is 6.16. The number of halogens is 1. The highest BCUT2D eigenvalue weighted by Gasteiger charge is 2.37. The first-order valence-electron chi connectivity index (χ1n) is 14.2. The van der Waals surface area contributed by atoms with E-state index in [1.54, 1.807) is 13.2 Å². The van der Waals surface area contributed by atoms with E-state index in [2.05, 4.69) is 5.32 Å². The molecule has 208 valence electrons. The summed E-state index contributed by atoms with van der Waals surface area (Å²) in [5, 5.41) is 12.5. The third-order valence-corrected chi connectivity index (χ3v) is 8.55. The number of rotatable bonds is 9. The molecule has 1 heterocycles. The van der Waals surface area contributed by atoms with Crippen LogP contribution in [0.5, 0.6) is 0 Å². The van der Waals surface area contributed by atoms with Gasteiger partial charge in [0.05, 0.1) is 11.0 Å². The maximum absolute atomic E-state index is 14.3. The van der Waals surface area contributed by atoms with Crippen molar-refractivity contribution in [3.8, 4) is 0 Å². The number of carboxylic acids is 1. The quantitative estimate of drug-likeness (QED) is 0.341. The number of aliphatic carboxylic acids is 1. The molecule has 0 spiro atoms. The van der Waals surface area contributed by atoms with Gasteiger partial charge in [-0.15, -0.1) is 0 Å². The Morgan fingerprint density at radius 3 is 2.44 bits per heavy atom. The predicted molar refractivity (Wildman–Crippen MR) is 147 cm³/mol. The van der Waals surface area contributed by atoms with Crippen LogP contribution >= 0.6 is 0 Å². The highest BCUT2D eigenvalue weighted by molar-refractivity contribution is 5.85. The van der Waals surface area contributed by atoms with Gasteiger partial charge < -0.3 is 19.7 Å². The van der Waals surface area contributed by atoms with E-state index in [9.17, 15) is 14.0 Å². The molecule has 1 unspecified atom stereocenters. The van der Waals surface area contributed by atoms with Crippen LogP contribution in [0.3, 0.4) is 0 Å². The first-order chi connectivity index (χ1) is 18.9. The molecular formula is C31H38FN3O4. The van der Waals surface area contributed by atoms with Crippen LogP contribution in [0.2, 0.25) is 0 Å². The van der Waals surface area contributed by atoms with Crippen LogP contribution in [0.1, 0.15) is 87.7 Å². The Bertz CT molecular complexity index is 1280. The second-order valence-electron chi connectivity index (χ2n) is 11.2. The first kappa shape index (κ1) is 27.3. The molecule has 0 bridgehead atoms. The van der Waals surface area contributed by atoms with Gasteiger partial charge in [-0.25, -0.2) is 9.37 Å². The summed E-state index contributed by atoms with van der Waals surface area (Å²) in [6.07, 6.45) is 7.97. The number of aromatic nitrogens is 2. The van der Waals surface area contributed by atoms with E-state index in [1.807, 2.05) is 34.9 Å². The summed E-state index contributed by atoms with van der Waals surface area (Å²) in [6, 6.07) is 13.9. The zero-order valence-corrected chi connectivity index (χ0v) is 22.5. The summed E-state index contributed by atoms with van der Waals surface area (Å²) in [7, 11) is 1.63. The molecule has 2 atom stereocenters. The fraction of sp³-hybridized carbons (Fsp3) is 0.516. The number of benzene rings is 2. The van der Waals surface area contributed by atoms with Gasteiger partial charge in [0.15, 0.2) is 0 Å². The fourth-order valence-electron chi connectivity index (χ4n) is 6.62. The molecule has 1 aromatic heterocycles. The highest BCUT2D eigenvalue weighted by Crippen LogP contribution is 2.39. The van der Waals surface area contributed by atoms with Crippen molar-refractivity contribution < 1.29 is 23.8 Å². The molecule has 0 saturated heterocycles. The minimum absolute atomic E-state index is 0.0108. The van der Waals surface area contributed by atoms with E-state index < -0.39 is 18.1 Å². The second kappa shape index (κ2) is 12.3. The molecule has 3 aromatic rings. The van der Waals surface area contributed by atoms with Crippen molar-refractivity contribution >= 4 is 22.9 Å². The SMILES string of the molecule is CO[C@H](c1ccccc1)c1nc2cc(F)ccc2n1C(C(=O)N[C@H]1CC[C@H](CC(=O)O)CC1)C1CCCCC1. The molecular weight excluding hydrogens is 497 g/mol. The van der Waals surface area contributed by atoms with Gasteiger partial charge in [0.25, 0.3) is 0 Å². The lowest BCUT2D eigenvalue weighted by Crippen LogP contribution is -2.44. The van der Waals surface area contributed by atoms with E-state index >= 15 is 0 Å². The van der Waals surface area contributed by atoms with Crippen molar-refractivity contribution in [1.82, 2.24) is 14.9 Å². The van der Waals surface area contributed by atoms with E-state index in [-0.39, 0.29) is 36.0 Å². The molecule has 2 fully saturated rings. The van der Waals surface area contributed by atoms with Crippen LogP contribution in [-0.4, -0.2) is 39.7 Å². The van der Waals surface area contributed by atoms with Gasteiger partial charge in [0.2, 0.25) is 5.91 Å². The number of carboxylic acid groups (broad SMARTS) is 1. The minimum Gasteiger partial charge on any atom is -0.481 e. The van der Waals surface area contributed by atoms with Crippen molar-refractivity contribution in [3.63, 3.8) is 0 Å². The second-order valence-corrected chi connectivity index (χ2v) is 11.2. The number of nitrogens with zero attached hydrogens (tertiary/aromatic N) is 2. The largest absolute Gasteiger partial charge is 0.481 e. The molecule has 2 aliphatic rings. The molecule has 39 heavy (non-hydrogen) atoms. The molecule has 8 heteroatoms. The van der Waals surface area contributed by atoms with Crippen LogP contribution in [0, 0.1) is 17.7 Å². The van der Waals surface area contributed by atoms with E-state index in [0.29, 0.717) is 11.3 Å². The lowest BCUT2D eigenvalue weighted by atomic mass is 9.82. The van der Waals surface area contributed by atoms with Gasteiger partial charge >= 0.3 is 5.97 Å². The van der Waals surface area contributed by atoms with Crippen LogP contribution < -0.4 is 5.32 Å². The summed E-state index contributed by atoms with van der Waals surface area (Å²) >= 11 is 0. The summed E-state index contributed by atoms with van der Waals surface area (Å²) in [4.78, 5) is 30.2. The molecule has 2 saturated carbocycles. The van der Waals surface area contributed by atoms with Gasteiger partial charge in [0, 0.05) is 25.6 Å². The monoisotopic (exact) mass is 535 g/mol. The highest BCUT2D eigenvalue weighted by atomic mass is 19.1. The van der Waals surface area contributed by atoms with Crippen molar-refractivity contribution in [3.05, 3.63) is 65.7 Å². The number of fused-ring (bicyclic) bond motifs is 1. The molecule has 5 rings (SSSR count). The first-order valence-corrected chi connectivity index (χ1v) is 14.2. The summed E-state index contributed by atoms with van der Waals surface area (Å²) in [6.45, 7) is 0. The van der Waals surface area contributed by atoms with Gasteiger partial charge in [-0.1, -0.05) is 49.6 Å². The zero-order chi connectivity index (χ0) is 27.4. The van der Waals surface area contributed by atoms with Crippen molar-refractivity contribution in [2.45, 2.75) is 82.4 Å². The maximum Gasteiger partial charge on any atom is 0.303 e. The van der Waals surface area contributed by atoms with E-state index in [0.717, 1.165) is 68.9 Å². The Hall–Kier alpha value is -3.26. The molecule has 2 aromatic carbocycles. The zero-order valence-electron chi connectivity index (χ0n) is 22.5. The van der Waals surface area contributed by atoms with E-state index in [4.69, 9.17) is 14.8 Å². The number of ether oxygens (including phenoxy) is 1. The Balaban J connectivity index is 1.53. The standard InChI is InChI=1S/C31H38FN3O4/c1-39-29(22-10-6-3-7-11-22)30-34-25-19-23(32)14-17-26(25)35(30)28(21-8-4-2-5-9-21)31(38)33-24-15-12-20(13-16-24)18-27(36)37/h3,6-7,10-11,14,17,19-21,24,28-29H,2,4-5,8-9,12-13,15-16,18H2,1H3,(H,33,38)(H,36,37)/t20-,24-,28?,29-/m1/s1. The molecule has 0 radical (unpaired) electrons. The smallest absolute Gasteiger partial charge is 0.303 e. The van der Waals surface area contributed by atoms with Crippen LogP contribution in [0.15, 0.2) is 48.5 Å². The van der Waals surface area contributed by atoms with Crippen LogP contribution in [0.4, 0.5) is 4.39 Å². The number of methoxy groups -OCH3 is 1. The van der Waals surface area contributed by atoms with Crippen LogP contribution in [0.25, 0.3) is 11.0 Å². The molecule has 2 aliphatic carbocycles. The Morgan fingerprint density at radius 2 is 1.77 bits per heavy atom. The molecule has 0 aliphatic heterocycles. The third-order valence-electron chi connectivity index (χ3n) is 8.55. The van der Waals surface area contributed by atoms with E-state index in [1.165, 1.54) is 12.1 Å². The number of hydrogen-bond donors (Lipinski definition) is 2. The van der Waals surface area contributed by atoms with Gasteiger partial charge in [-0.05, 0) is 68.1 Å². The van der Waals surface area contributed by atoms with Gasteiger partial charge in [0.1, 0.15) is 23.8 Å². The number of carbonyl (C=O) groups is 2. The summed E-state index contributed by atoms with van der Waals surface area (Å²) in [5.41, 5.74) is 2.14. The predicted octanol–water partition coefficient (Wildman–Crippen LogP) is 6.18. The Labute approximate surface area is 228 Å². The lowest BCUT2D eigenvalue weighted by Gasteiger charge is -2.35. The van der Waals surface area contributed by atoms with Crippen molar-refractivity contribution in [2.75, 3.05) is 7.11 Å². The number of nitrogens with one attached hydrogen (secondary N) is 1. The lowest BCUT2D eigenvalue weighted by molar-refractivity contribution is -0.138.